The van der Waals surface area contributed by atoms with Crippen LogP contribution in [0.15, 0.2) is 23.1 Å². The SMILES string of the molecule is CCOC(=O)C1C(=O)N(C)S(=O)(=O)c2ccc(F)cc21. The summed E-state index contributed by atoms with van der Waals surface area (Å²) in [7, 11) is -3.01. The van der Waals surface area contributed by atoms with Gasteiger partial charge in [-0.3, -0.25) is 9.59 Å². The summed E-state index contributed by atoms with van der Waals surface area (Å²) < 4.78 is 42.7. The van der Waals surface area contributed by atoms with E-state index in [9.17, 15) is 22.4 Å². The molecule has 0 radical (unpaired) electrons. The molecule has 2 rings (SSSR count). The number of nitrogens with zero attached hydrogens (tertiary/aromatic N) is 1. The zero-order valence-electron chi connectivity index (χ0n) is 10.8. The molecule has 8 heteroatoms. The van der Waals surface area contributed by atoms with Crippen molar-refractivity contribution in [2.75, 3.05) is 13.7 Å². The predicted molar refractivity (Wildman–Crippen MR) is 65.7 cm³/mol. The second kappa shape index (κ2) is 4.86. The smallest absolute Gasteiger partial charge is 0.323 e. The molecule has 0 N–H and O–H groups in total. The number of sulfonamides is 1. The van der Waals surface area contributed by atoms with Crippen molar-refractivity contribution in [2.24, 2.45) is 0 Å². The summed E-state index contributed by atoms with van der Waals surface area (Å²) in [4.78, 5) is 23.6. The van der Waals surface area contributed by atoms with E-state index in [-0.39, 0.29) is 17.1 Å². The maximum atomic E-state index is 13.3. The lowest BCUT2D eigenvalue weighted by Crippen LogP contribution is -2.44. The van der Waals surface area contributed by atoms with Gasteiger partial charge in [0, 0.05) is 7.05 Å². The van der Waals surface area contributed by atoms with Gasteiger partial charge in [-0.25, -0.2) is 17.1 Å². The molecule has 1 aromatic carbocycles. The first-order chi connectivity index (χ1) is 9.30. The number of rotatable bonds is 2. The molecule has 0 aromatic heterocycles. The van der Waals surface area contributed by atoms with Crippen LogP contribution in [0.5, 0.6) is 0 Å². The molecule has 1 aliphatic heterocycles. The second-order valence-electron chi connectivity index (χ2n) is 4.18. The molecule has 1 aliphatic rings. The molecule has 0 saturated carbocycles. The van der Waals surface area contributed by atoms with Gasteiger partial charge in [0.25, 0.3) is 15.9 Å². The van der Waals surface area contributed by atoms with Crippen LogP contribution in [0.2, 0.25) is 0 Å². The predicted octanol–water partition coefficient (Wildman–Crippen LogP) is 0.633. The minimum Gasteiger partial charge on any atom is -0.465 e. The van der Waals surface area contributed by atoms with Crippen LogP contribution in [0.3, 0.4) is 0 Å². The number of ether oxygens (including phenoxy) is 1. The Hall–Kier alpha value is -1.96. The molecular weight excluding hydrogens is 289 g/mol. The van der Waals surface area contributed by atoms with Gasteiger partial charge in [-0.2, -0.15) is 0 Å². The minimum atomic E-state index is -4.06. The van der Waals surface area contributed by atoms with Crippen LogP contribution in [0, 0.1) is 5.82 Å². The molecule has 108 valence electrons. The van der Waals surface area contributed by atoms with Gasteiger partial charge in [0.2, 0.25) is 0 Å². The summed E-state index contributed by atoms with van der Waals surface area (Å²) >= 11 is 0. The highest BCUT2D eigenvalue weighted by Gasteiger charge is 2.45. The molecule has 0 bridgehead atoms. The summed E-state index contributed by atoms with van der Waals surface area (Å²) in [6, 6.07) is 2.87. The number of carbonyl (C=O) groups is 2. The fourth-order valence-electron chi connectivity index (χ4n) is 2.01. The Morgan fingerprint density at radius 2 is 2.10 bits per heavy atom. The van der Waals surface area contributed by atoms with E-state index in [0.29, 0.717) is 4.31 Å². The number of hydrogen-bond acceptors (Lipinski definition) is 5. The third-order valence-electron chi connectivity index (χ3n) is 3.00. The number of hydrogen-bond donors (Lipinski definition) is 0. The Bertz CT molecular complexity index is 685. The number of esters is 1. The van der Waals surface area contributed by atoms with E-state index in [1.807, 2.05) is 0 Å². The van der Waals surface area contributed by atoms with Crippen LogP contribution < -0.4 is 0 Å². The molecule has 0 spiro atoms. The molecule has 0 aliphatic carbocycles. The van der Waals surface area contributed by atoms with Crippen molar-refractivity contribution in [3.8, 4) is 0 Å². The summed E-state index contributed by atoms with van der Waals surface area (Å²) in [5, 5.41) is 0. The zero-order valence-corrected chi connectivity index (χ0v) is 11.6. The number of likely N-dealkylation sites (N-methyl/N-ethyl adjacent to an activating group) is 1. The first-order valence-corrected chi connectivity index (χ1v) is 7.23. The number of fused-ring (bicyclic) bond motifs is 1. The average Bonchev–Trinajstić information content (AvgIpc) is 2.36. The highest BCUT2D eigenvalue weighted by atomic mass is 32.2. The van der Waals surface area contributed by atoms with Crippen molar-refractivity contribution < 1.29 is 27.1 Å². The monoisotopic (exact) mass is 301 g/mol. The number of halogens is 1. The van der Waals surface area contributed by atoms with E-state index in [0.717, 1.165) is 25.2 Å². The molecule has 1 heterocycles. The molecule has 20 heavy (non-hydrogen) atoms. The summed E-state index contributed by atoms with van der Waals surface area (Å²) in [6.45, 7) is 1.59. The topological polar surface area (TPSA) is 80.8 Å². The lowest BCUT2D eigenvalue weighted by atomic mass is 9.97. The van der Waals surface area contributed by atoms with Gasteiger partial charge in [0.15, 0.2) is 5.92 Å². The average molecular weight is 301 g/mol. The minimum absolute atomic E-state index is 0.0315. The van der Waals surface area contributed by atoms with Crippen molar-refractivity contribution in [2.45, 2.75) is 17.7 Å². The van der Waals surface area contributed by atoms with Crippen molar-refractivity contribution >= 4 is 21.9 Å². The molecular formula is C12H12FNO5S. The van der Waals surface area contributed by atoms with Gasteiger partial charge in [-0.15, -0.1) is 0 Å². The number of benzene rings is 1. The molecule has 1 unspecified atom stereocenters. The van der Waals surface area contributed by atoms with Crippen LogP contribution >= 0.6 is 0 Å². The zero-order chi connectivity index (χ0) is 15.1. The Morgan fingerprint density at radius 3 is 2.70 bits per heavy atom. The normalized spacial score (nSPS) is 20.4. The van der Waals surface area contributed by atoms with Gasteiger partial charge >= 0.3 is 5.97 Å². The maximum absolute atomic E-state index is 13.3. The Kier molecular flexibility index (Phi) is 3.51. The van der Waals surface area contributed by atoms with Crippen molar-refractivity contribution in [1.82, 2.24) is 4.31 Å². The van der Waals surface area contributed by atoms with E-state index in [1.54, 1.807) is 6.92 Å². The fraction of sp³-hybridized carbons (Fsp3) is 0.333. The highest BCUT2D eigenvalue weighted by molar-refractivity contribution is 7.89. The maximum Gasteiger partial charge on any atom is 0.323 e. The largest absolute Gasteiger partial charge is 0.465 e. The second-order valence-corrected chi connectivity index (χ2v) is 6.12. The van der Waals surface area contributed by atoms with Gasteiger partial charge in [0.1, 0.15) is 5.82 Å². The lowest BCUT2D eigenvalue weighted by molar-refractivity contribution is -0.149. The Morgan fingerprint density at radius 1 is 1.45 bits per heavy atom. The molecule has 0 saturated heterocycles. The summed E-state index contributed by atoms with van der Waals surface area (Å²) in [6.07, 6.45) is 0. The van der Waals surface area contributed by atoms with E-state index in [1.165, 1.54) is 0 Å². The summed E-state index contributed by atoms with van der Waals surface area (Å²) in [5.74, 6) is -4.05. The lowest BCUT2D eigenvalue weighted by Gasteiger charge is -2.29. The quantitative estimate of drug-likeness (QED) is 0.591. The molecule has 0 fully saturated rings. The van der Waals surface area contributed by atoms with Crippen LogP contribution in [-0.4, -0.2) is 38.3 Å². The Labute approximate surface area is 115 Å². The third-order valence-corrected chi connectivity index (χ3v) is 4.83. The third kappa shape index (κ3) is 2.05. The molecule has 1 aromatic rings. The molecule has 6 nitrogen and oxygen atoms in total. The van der Waals surface area contributed by atoms with Crippen LogP contribution in [0.1, 0.15) is 18.4 Å². The fourth-order valence-corrected chi connectivity index (χ4v) is 3.37. The van der Waals surface area contributed by atoms with E-state index in [2.05, 4.69) is 0 Å². The van der Waals surface area contributed by atoms with Gasteiger partial charge in [-0.1, -0.05) is 0 Å². The van der Waals surface area contributed by atoms with E-state index in [4.69, 9.17) is 4.74 Å². The van der Waals surface area contributed by atoms with Gasteiger partial charge in [0.05, 0.1) is 11.5 Å². The van der Waals surface area contributed by atoms with Crippen LogP contribution in [0.4, 0.5) is 4.39 Å². The van der Waals surface area contributed by atoms with Gasteiger partial charge < -0.3 is 4.74 Å². The first-order valence-electron chi connectivity index (χ1n) is 5.79. The number of amides is 1. The highest BCUT2D eigenvalue weighted by Crippen LogP contribution is 2.35. The van der Waals surface area contributed by atoms with Crippen molar-refractivity contribution in [1.29, 1.82) is 0 Å². The standard InChI is InChI=1S/C12H12FNO5S/c1-3-19-12(16)10-8-6-7(13)4-5-9(8)20(17,18)14(2)11(10)15/h4-6,10H,3H2,1-2H3. The molecule has 1 amide bonds. The Balaban J connectivity index is 2.69. The van der Waals surface area contributed by atoms with Gasteiger partial charge in [-0.05, 0) is 30.7 Å². The summed E-state index contributed by atoms with van der Waals surface area (Å²) in [5.41, 5.74) is -0.188. The number of carbonyl (C=O) groups excluding carboxylic acids is 2. The first kappa shape index (κ1) is 14.4. The molecule has 1 atom stereocenters. The van der Waals surface area contributed by atoms with Crippen molar-refractivity contribution in [3.05, 3.63) is 29.6 Å². The van der Waals surface area contributed by atoms with E-state index >= 15 is 0 Å². The van der Waals surface area contributed by atoms with Crippen LogP contribution in [0.25, 0.3) is 0 Å². The van der Waals surface area contributed by atoms with Crippen LogP contribution in [-0.2, 0) is 24.3 Å². The van der Waals surface area contributed by atoms with E-state index < -0.39 is 33.6 Å². The van der Waals surface area contributed by atoms with Crippen molar-refractivity contribution in [3.63, 3.8) is 0 Å².